The number of aromatic nitrogens is 4. The van der Waals surface area contributed by atoms with Crippen LogP contribution in [0.15, 0.2) is 60.8 Å². The van der Waals surface area contributed by atoms with Crippen LogP contribution in [0.2, 0.25) is 0 Å². The second kappa shape index (κ2) is 9.07. The van der Waals surface area contributed by atoms with E-state index in [1.165, 1.54) is 18.2 Å². The Bertz CT molecular complexity index is 1240. The van der Waals surface area contributed by atoms with Crippen LogP contribution in [0.3, 0.4) is 0 Å². The molecule has 0 bridgehead atoms. The van der Waals surface area contributed by atoms with Gasteiger partial charge in [-0.15, -0.1) is 0 Å². The summed E-state index contributed by atoms with van der Waals surface area (Å²) >= 11 is 0. The number of nitrogen functional groups attached to an aromatic ring is 1. The van der Waals surface area contributed by atoms with Crippen molar-refractivity contribution in [2.75, 3.05) is 17.7 Å². The topological polar surface area (TPSA) is 111 Å². The molecule has 0 saturated heterocycles. The van der Waals surface area contributed by atoms with Gasteiger partial charge in [0.25, 0.3) is 0 Å². The molecule has 0 saturated carbocycles. The summed E-state index contributed by atoms with van der Waals surface area (Å²) in [6.07, 6.45) is -2.84. The average Bonchev–Trinajstić information content (AvgIpc) is 3.22. The molecular formula is C22H19F3N6O2. The predicted molar refractivity (Wildman–Crippen MR) is 116 cm³/mol. The highest BCUT2D eigenvalue weighted by molar-refractivity contribution is 5.63. The minimum atomic E-state index is -4.42. The van der Waals surface area contributed by atoms with Gasteiger partial charge in [-0.3, -0.25) is 0 Å². The van der Waals surface area contributed by atoms with Crippen molar-refractivity contribution in [2.45, 2.75) is 13.1 Å². The molecule has 0 aliphatic carbocycles. The molecule has 4 N–H and O–H groups in total. The lowest BCUT2D eigenvalue weighted by Crippen LogP contribution is -2.05. The SMILES string of the molecule is CCOc1nc(N)cc(Oc2ccc(-c3cnc(Nc4cccc(C(F)(F)F)c4)[nH]3)cc2)n1. The molecule has 0 aliphatic rings. The molecular weight excluding hydrogens is 437 g/mol. The maximum absolute atomic E-state index is 12.9. The van der Waals surface area contributed by atoms with Crippen LogP contribution in [-0.2, 0) is 6.18 Å². The van der Waals surface area contributed by atoms with E-state index in [4.69, 9.17) is 15.2 Å². The summed E-state index contributed by atoms with van der Waals surface area (Å²) in [5.41, 5.74) is 6.74. The zero-order valence-electron chi connectivity index (χ0n) is 17.3. The molecule has 0 aliphatic heterocycles. The lowest BCUT2D eigenvalue weighted by molar-refractivity contribution is -0.137. The van der Waals surface area contributed by atoms with Crippen molar-refractivity contribution in [3.63, 3.8) is 0 Å². The number of anilines is 3. The fourth-order valence-corrected chi connectivity index (χ4v) is 2.93. The molecule has 33 heavy (non-hydrogen) atoms. The quantitative estimate of drug-likeness (QED) is 0.341. The second-order valence-electron chi connectivity index (χ2n) is 6.82. The number of ether oxygens (including phenoxy) is 2. The first-order chi connectivity index (χ1) is 15.8. The zero-order valence-corrected chi connectivity index (χ0v) is 17.3. The van der Waals surface area contributed by atoms with Gasteiger partial charge in [0.15, 0.2) is 0 Å². The molecule has 0 amide bonds. The number of H-pyrrole nitrogens is 1. The summed E-state index contributed by atoms with van der Waals surface area (Å²) in [6.45, 7) is 2.20. The third-order valence-corrected chi connectivity index (χ3v) is 4.39. The van der Waals surface area contributed by atoms with Gasteiger partial charge in [0.1, 0.15) is 11.6 Å². The van der Waals surface area contributed by atoms with Gasteiger partial charge in [0, 0.05) is 11.8 Å². The number of hydrogen-bond donors (Lipinski definition) is 3. The van der Waals surface area contributed by atoms with E-state index in [-0.39, 0.29) is 23.4 Å². The number of alkyl halides is 3. The van der Waals surface area contributed by atoms with E-state index in [9.17, 15) is 13.2 Å². The molecule has 0 fully saturated rings. The van der Waals surface area contributed by atoms with E-state index in [0.717, 1.165) is 17.7 Å². The number of hydrogen-bond acceptors (Lipinski definition) is 7. The van der Waals surface area contributed by atoms with Crippen molar-refractivity contribution < 1.29 is 22.6 Å². The summed E-state index contributed by atoms with van der Waals surface area (Å²) in [7, 11) is 0. The Morgan fingerprint density at radius 3 is 2.58 bits per heavy atom. The number of nitrogens with zero attached hydrogens (tertiary/aromatic N) is 3. The van der Waals surface area contributed by atoms with E-state index < -0.39 is 11.7 Å². The summed E-state index contributed by atoms with van der Waals surface area (Å²) in [5.74, 6) is 1.29. The van der Waals surface area contributed by atoms with Crippen molar-refractivity contribution in [3.8, 4) is 28.9 Å². The molecule has 4 aromatic rings. The van der Waals surface area contributed by atoms with Gasteiger partial charge in [-0.1, -0.05) is 6.07 Å². The minimum absolute atomic E-state index is 0.127. The number of aromatic amines is 1. The van der Waals surface area contributed by atoms with Gasteiger partial charge < -0.3 is 25.5 Å². The first-order valence-corrected chi connectivity index (χ1v) is 9.85. The van der Waals surface area contributed by atoms with Crippen LogP contribution in [0.1, 0.15) is 12.5 Å². The van der Waals surface area contributed by atoms with Crippen molar-refractivity contribution in [1.29, 1.82) is 0 Å². The summed E-state index contributed by atoms with van der Waals surface area (Å²) in [5, 5.41) is 2.84. The molecule has 2 heterocycles. The molecule has 4 rings (SSSR count). The van der Waals surface area contributed by atoms with E-state index in [1.54, 1.807) is 30.5 Å². The number of imidazole rings is 1. The number of nitrogens with two attached hydrogens (primary N) is 1. The highest BCUT2D eigenvalue weighted by atomic mass is 19.4. The zero-order chi connectivity index (χ0) is 23.4. The minimum Gasteiger partial charge on any atom is -0.464 e. The van der Waals surface area contributed by atoms with E-state index in [1.807, 2.05) is 6.92 Å². The van der Waals surface area contributed by atoms with Gasteiger partial charge in [-0.25, -0.2) is 4.98 Å². The lowest BCUT2D eigenvalue weighted by atomic mass is 10.2. The first kappa shape index (κ1) is 21.9. The molecule has 0 atom stereocenters. The molecule has 0 radical (unpaired) electrons. The van der Waals surface area contributed by atoms with Crippen molar-refractivity contribution in [3.05, 3.63) is 66.4 Å². The van der Waals surface area contributed by atoms with Crippen molar-refractivity contribution in [1.82, 2.24) is 19.9 Å². The number of benzene rings is 2. The van der Waals surface area contributed by atoms with Gasteiger partial charge in [0.2, 0.25) is 11.8 Å². The third kappa shape index (κ3) is 5.50. The molecule has 2 aromatic heterocycles. The van der Waals surface area contributed by atoms with Crippen LogP contribution in [0.25, 0.3) is 11.3 Å². The van der Waals surface area contributed by atoms with Gasteiger partial charge in [0.05, 0.1) is 24.1 Å². The summed E-state index contributed by atoms with van der Waals surface area (Å²) in [6, 6.07) is 13.6. The highest BCUT2D eigenvalue weighted by Crippen LogP contribution is 2.31. The Hall–Kier alpha value is -4.28. The van der Waals surface area contributed by atoms with Crippen LogP contribution < -0.4 is 20.5 Å². The molecule has 8 nitrogen and oxygen atoms in total. The second-order valence-corrected chi connectivity index (χ2v) is 6.82. The van der Waals surface area contributed by atoms with Gasteiger partial charge in [-0.2, -0.15) is 23.1 Å². The monoisotopic (exact) mass is 456 g/mol. The molecule has 0 spiro atoms. The Morgan fingerprint density at radius 2 is 1.85 bits per heavy atom. The Balaban J connectivity index is 1.45. The highest BCUT2D eigenvalue weighted by Gasteiger charge is 2.30. The maximum atomic E-state index is 12.9. The Morgan fingerprint density at radius 1 is 1.06 bits per heavy atom. The fourth-order valence-electron chi connectivity index (χ4n) is 2.93. The maximum Gasteiger partial charge on any atom is 0.416 e. The van der Waals surface area contributed by atoms with Crippen LogP contribution >= 0.6 is 0 Å². The lowest BCUT2D eigenvalue weighted by Gasteiger charge is -2.09. The normalized spacial score (nSPS) is 11.3. The third-order valence-electron chi connectivity index (χ3n) is 4.39. The fraction of sp³-hybridized carbons (Fsp3) is 0.136. The molecule has 11 heteroatoms. The average molecular weight is 456 g/mol. The van der Waals surface area contributed by atoms with Crippen LogP contribution in [0, 0.1) is 0 Å². The van der Waals surface area contributed by atoms with E-state index >= 15 is 0 Å². The Kier molecular flexibility index (Phi) is 6.03. The number of halogens is 3. The van der Waals surface area contributed by atoms with Crippen molar-refractivity contribution in [2.24, 2.45) is 0 Å². The number of rotatable bonds is 7. The largest absolute Gasteiger partial charge is 0.464 e. The van der Waals surface area contributed by atoms with Gasteiger partial charge >= 0.3 is 12.2 Å². The Labute approximate surface area is 186 Å². The summed E-state index contributed by atoms with van der Waals surface area (Å²) in [4.78, 5) is 15.3. The summed E-state index contributed by atoms with van der Waals surface area (Å²) < 4.78 is 49.7. The molecule has 0 unspecified atom stereocenters. The van der Waals surface area contributed by atoms with E-state index in [2.05, 4.69) is 25.3 Å². The first-order valence-electron chi connectivity index (χ1n) is 9.85. The van der Waals surface area contributed by atoms with Gasteiger partial charge in [-0.05, 0) is 55.0 Å². The number of nitrogens with one attached hydrogen (secondary N) is 2. The smallest absolute Gasteiger partial charge is 0.416 e. The van der Waals surface area contributed by atoms with E-state index in [0.29, 0.717) is 24.0 Å². The van der Waals surface area contributed by atoms with Crippen LogP contribution in [-0.4, -0.2) is 26.5 Å². The van der Waals surface area contributed by atoms with Crippen LogP contribution in [0.4, 0.5) is 30.6 Å². The standard InChI is InChI=1S/C22H19F3N6O2/c1-2-32-21-30-18(26)11-19(31-21)33-16-8-6-13(7-9-16)17-12-27-20(29-17)28-15-5-3-4-14(10-15)22(23,24)25/h3-12H,2H2,1H3,(H2,26,30,31)(H2,27,28,29). The molecule has 2 aromatic carbocycles. The van der Waals surface area contributed by atoms with Crippen LogP contribution in [0.5, 0.6) is 17.6 Å². The van der Waals surface area contributed by atoms with Crippen molar-refractivity contribution >= 4 is 17.5 Å². The predicted octanol–water partition coefficient (Wildman–Crippen LogP) is 5.40. The molecule has 170 valence electrons.